The van der Waals surface area contributed by atoms with Crippen molar-refractivity contribution in [1.82, 2.24) is 4.90 Å². The van der Waals surface area contributed by atoms with Crippen molar-refractivity contribution in [3.05, 3.63) is 34.9 Å². The van der Waals surface area contributed by atoms with Crippen molar-refractivity contribution in [2.45, 2.75) is 13.3 Å². The van der Waals surface area contributed by atoms with E-state index in [2.05, 4.69) is 0 Å². The highest BCUT2D eigenvalue weighted by atomic mass is 16.2. The first kappa shape index (κ1) is 12.2. The van der Waals surface area contributed by atoms with E-state index in [9.17, 15) is 9.59 Å². The fraction of sp³-hybridized carbons (Fsp3) is 0.333. The number of hydrogen-bond donors (Lipinski definition) is 1. The second kappa shape index (κ2) is 4.79. The molecule has 0 radical (unpaired) electrons. The van der Waals surface area contributed by atoms with Crippen LogP contribution in [0.5, 0.6) is 0 Å². The number of aryl methyl sites for hydroxylation is 1. The molecule has 4 heteroatoms. The van der Waals surface area contributed by atoms with Gasteiger partial charge in [0.25, 0.3) is 5.91 Å². The Morgan fingerprint density at radius 1 is 1.25 bits per heavy atom. The lowest BCUT2D eigenvalue weighted by Gasteiger charge is -2.13. The van der Waals surface area contributed by atoms with Crippen LogP contribution >= 0.6 is 0 Å². The van der Waals surface area contributed by atoms with Crippen LogP contribution in [0.4, 0.5) is 0 Å². The van der Waals surface area contributed by atoms with Crippen molar-refractivity contribution in [1.29, 1.82) is 0 Å². The summed E-state index contributed by atoms with van der Waals surface area (Å²) in [6, 6.07) is 5.17. The molecular formula is C12H16N2O2. The number of carbonyl (C=O) groups is 2. The molecule has 0 saturated heterocycles. The van der Waals surface area contributed by atoms with Crippen LogP contribution in [0.15, 0.2) is 18.2 Å². The lowest BCUT2D eigenvalue weighted by Crippen LogP contribution is -2.25. The summed E-state index contributed by atoms with van der Waals surface area (Å²) in [5.41, 5.74) is 6.90. The maximum Gasteiger partial charge on any atom is 0.254 e. The fourth-order valence-electron chi connectivity index (χ4n) is 1.44. The number of nitrogens with two attached hydrogens (primary N) is 1. The SMILES string of the molecule is CCc1ccc(C(=O)N(C)C)c(C(N)=O)c1. The Hall–Kier alpha value is -1.84. The normalized spacial score (nSPS) is 9.94. The Morgan fingerprint density at radius 2 is 1.88 bits per heavy atom. The summed E-state index contributed by atoms with van der Waals surface area (Å²) in [7, 11) is 3.28. The lowest BCUT2D eigenvalue weighted by atomic mass is 10.0. The smallest absolute Gasteiger partial charge is 0.254 e. The standard InChI is InChI=1S/C12H16N2O2/c1-4-8-5-6-9(12(16)14(2)3)10(7-8)11(13)15/h5-7H,4H2,1-3H3,(H2,13,15). The third-order valence-corrected chi connectivity index (χ3v) is 2.39. The third-order valence-electron chi connectivity index (χ3n) is 2.39. The van der Waals surface area contributed by atoms with Crippen LogP contribution in [0.25, 0.3) is 0 Å². The van der Waals surface area contributed by atoms with E-state index in [4.69, 9.17) is 5.73 Å². The van der Waals surface area contributed by atoms with Crippen LogP contribution < -0.4 is 5.73 Å². The Morgan fingerprint density at radius 3 is 2.31 bits per heavy atom. The highest BCUT2D eigenvalue weighted by Crippen LogP contribution is 2.14. The summed E-state index contributed by atoms with van der Waals surface area (Å²) in [4.78, 5) is 24.5. The van der Waals surface area contributed by atoms with Gasteiger partial charge in [-0.05, 0) is 24.1 Å². The quantitative estimate of drug-likeness (QED) is 0.827. The molecule has 0 aliphatic rings. The van der Waals surface area contributed by atoms with E-state index in [1.54, 1.807) is 26.2 Å². The van der Waals surface area contributed by atoms with E-state index in [-0.39, 0.29) is 11.5 Å². The monoisotopic (exact) mass is 220 g/mol. The van der Waals surface area contributed by atoms with Gasteiger partial charge in [-0.1, -0.05) is 13.0 Å². The highest BCUT2D eigenvalue weighted by molar-refractivity contribution is 6.06. The summed E-state index contributed by atoms with van der Waals surface area (Å²) >= 11 is 0. The Balaban J connectivity index is 3.28. The van der Waals surface area contributed by atoms with Crippen molar-refractivity contribution in [3.63, 3.8) is 0 Å². The Kier molecular flexibility index (Phi) is 3.66. The molecule has 0 atom stereocenters. The van der Waals surface area contributed by atoms with Gasteiger partial charge in [-0.3, -0.25) is 9.59 Å². The van der Waals surface area contributed by atoms with Crippen molar-refractivity contribution < 1.29 is 9.59 Å². The molecule has 2 N–H and O–H groups in total. The third kappa shape index (κ3) is 2.39. The zero-order valence-corrected chi connectivity index (χ0v) is 9.78. The number of primary amides is 1. The topological polar surface area (TPSA) is 63.4 Å². The Labute approximate surface area is 95.0 Å². The second-order valence-electron chi connectivity index (χ2n) is 3.80. The van der Waals surface area contributed by atoms with E-state index in [0.717, 1.165) is 12.0 Å². The molecule has 1 aromatic carbocycles. The zero-order chi connectivity index (χ0) is 12.3. The molecule has 0 saturated carbocycles. The molecule has 4 nitrogen and oxygen atoms in total. The molecule has 0 aliphatic carbocycles. The summed E-state index contributed by atoms with van der Waals surface area (Å²) in [5, 5.41) is 0. The zero-order valence-electron chi connectivity index (χ0n) is 9.78. The fourth-order valence-corrected chi connectivity index (χ4v) is 1.44. The number of carbonyl (C=O) groups excluding carboxylic acids is 2. The van der Waals surface area contributed by atoms with Crippen molar-refractivity contribution in [3.8, 4) is 0 Å². The minimum Gasteiger partial charge on any atom is -0.366 e. The first-order valence-electron chi connectivity index (χ1n) is 5.11. The van der Waals surface area contributed by atoms with Crippen molar-refractivity contribution in [2.24, 2.45) is 5.73 Å². The number of amides is 2. The number of hydrogen-bond acceptors (Lipinski definition) is 2. The summed E-state index contributed by atoms with van der Waals surface area (Å²) < 4.78 is 0. The molecule has 0 bridgehead atoms. The molecule has 0 heterocycles. The van der Waals surface area contributed by atoms with Gasteiger partial charge in [0, 0.05) is 14.1 Å². The van der Waals surface area contributed by atoms with Crippen LogP contribution in [0.3, 0.4) is 0 Å². The number of rotatable bonds is 3. The molecule has 0 fully saturated rings. The van der Waals surface area contributed by atoms with E-state index in [1.807, 2.05) is 13.0 Å². The molecule has 16 heavy (non-hydrogen) atoms. The number of benzene rings is 1. The van der Waals surface area contributed by atoms with Crippen molar-refractivity contribution in [2.75, 3.05) is 14.1 Å². The van der Waals surface area contributed by atoms with Gasteiger partial charge in [0.05, 0.1) is 11.1 Å². The van der Waals surface area contributed by atoms with Crippen molar-refractivity contribution >= 4 is 11.8 Å². The largest absolute Gasteiger partial charge is 0.366 e. The van der Waals surface area contributed by atoms with Crippen LogP contribution in [0.1, 0.15) is 33.2 Å². The van der Waals surface area contributed by atoms with E-state index in [0.29, 0.717) is 5.56 Å². The number of nitrogens with zero attached hydrogens (tertiary/aromatic N) is 1. The average Bonchev–Trinajstić information content (AvgIpc) is 2.26. The minimum absolute atomic E-state index is 0.212. The maximum absolute atomic E-state index is 11.8. The van der Waals surface area contributed by atoms with Gasteiger partial charge in [-0.25, -0.2) is 0 Å². The molecule has 0 aromatic heterocycles. The molecule has 86 valence electrons. The summed E-state index contributed by atoms with van der Waals surface area (Å²) in [6.07, 6.45) is 0.802. The maximum atomic E-state index is 11.8. The second-order valence-corrected chi connectivity index (χ2v) is 3.80. The first-order valence-corrected chi connectivity index (χ1v) is 5.11. The molecule has 1 rings (SSSR count). The predicted octanol–water partition coefficient (Wildman–Crippen LogP) is 1.05. The van der Waals surface area contributed by atoms with Gasteiger partial charge in [-0.15, -0.1) is 0 Å². The lowest BCUT2D eigenvalue weighted by molar-refractivity contribution is 0.0821. The van der Waals surface area contributed by atoms with Gasteiger partial charge in [0.1, 0.15) is 0 Å². The minimum atomic E-state index is -0.569. The van der Waals surface area contributed by atoms with Crippen LogP contribution in [-0.2, 0) is 6.42 Å². The van der Waals surface area contributed by atoms with E-state index >= 15 is 0 Å². The molecular weight excluding hydrogens is 204 g/mol. The summed E-state index contributed by atoms with van der Waals surface area (Å²) in [5.74, 6) is -0.781. The average molecular weight is 220 g/mol. The van der Waals surface area contributed by atoms with Crippen LogP contribution in [0.2, 0.25) is 0 Å². The van der Waals surface area contributed by atoms with Gasteiger partial charge in [0.15, 0.2) is 0 Å². The van der Waals surface area contributed by atoms with Crippen LogP contribution in [-0.4, -0.2) is 30.8 Å². The van der Waals surface area contributed by atoms with Gasteiger partial charge < -0.3 is 10.6 Å². The van der Waals surface area contributed by atoms with Gasteiger partial charge in [-0.2, -0.15) is 0 Å². The molecule has 2 amide bonds. The molecule has 0 aliphatic heterocycles. The van der Waals surface area contributed by atoms with E-state index in [1.165, 1.54) is 4.90 Å². The summed E-state index contributed by atoms with van der Waals surface area (Å²) in [6.45, 7) is 1.98. The van der Waals surface area contributed by atoms with Gasteiger partial charge in [0.2, 0.25) is 5.91 Å². The van der Waals surface area contributed by atoms with Gasteiger partial charge >= 0.3 is 0 Å². The van der Waals surface area contributed by atoms with Crippen LogP contribution in [0, 0.1) is 0 Å². The highest BCUT2D eigenvalue weighted by Gasteiger charge is 2.16. The predicted molar refractivity (Wildman–Crippen MR) is 62.4 cm³/mol. The Bertz CT molecular complexity index is 425. The molecule has 1 aromatic rings. The molecule has 0 unspecified atom stereocenters. The first-order chi connectivity index (χ1) is 7.47. The van der Waals surface area contributed by atoms with E-state index < -0.39 is 5.91 Å². The molecule has 0 spiro atoms.